The van der Waals surface area contributed by atoms with Gasteiger partial charge in [0.15, 0.2) is 0 Å². The van der Waals surface area contributed by atoms with Crippen LogP contribution in [0.2, 0.25) is 0 Å². The van der Waals surface area contributed by atoms with Gasteiger partial charge in [-0.3, -0.25) is 4.18 Å². The van der Waals surface area contributed by atoms with E-state index in [1.54, 1.807) is 6.07 Å². The third kappa shape index (κ3) is 2.26. The topological polar surface area (TPSA) is 52.6 Å². The molecule has 0 aliphatic carbocycles. The summed E-state index contributed by atoms with van der Waals surface area (Å²) >= 11 is 3.18. The molecule has 0 unspecified atom stereocenters. The maximum atomic E-state index is 11.3. The minimum Gasteiger partial charge on any atom is -0.496 e. The van der Waals surface area contributed by atoms with Crippen molar-refractivity contribution in [2.45, 2.75) is 4.90 Å². The molecule has 0 aliphatic heterocycles. The minimum absolute atomic E-state index is 0.0904. The largest absolute Gasteiger partial charge is 0.496 e. The Morgan fingerprint density at radius 1 is 1.29 bits per heavy atom. The summed E-state index contributed by atoms with van der Waals surface area (Å²) in [6.45, 7) is 0. The molecular formula is C8H9BrO4S. The number of methoxy groups -OCH3 is 1. The van der Waals surface area contributed by atoms with Crippen molar-refractivity contribution in [2.24, 2.45) is 0 Å². The number of benzene rings is 1. The Morgan fingerprint density at radius 3 is 2.36 bits per heavy atom. The molecule has 1 aromatic rings. The zero-order valence-electron chi connectivity index (χ0n) is 7.65. The van der Waals surface area contributed by atoms with Crippen LogP contribution in [0.5, 0.6) is 5.75 Å². The summed E-state index contributed by atoms with van der Waals surface area (Å²) < 4.78 is 32.4. The van der Waals surface area contributed by atoms with Crippen LogP contribution >= 0.6 is 15.9 Å². The molecule has 0 fully saturated rings. The van der Waals surface area contributed by atoms with Crippen molar-refractivity contribution >= 4 is 26.0 Å². The summed E-state index contributed by atoms with van der Waals surface area (Å²) in [5.74, 6) is 0.569. The zero-order valence-corrected chi connectivity index (χ0v) is 10.1. The van der Waals surface area contributed by atoms with Gasteiger partial charge in [0.05, 0.1) is 23.6 Å². The fourth-order valence-corrected chi connectivity index (χ4v) is 2.28. The second kappa shape index (κ2) is 4.29. The van der Waals surface area contributed by atoms with E-state index in [9.17, 15) is 8.42 Å². The van der Waals surface area contributed by atoms with Crippen LogP contribution < -0.4 is 4.74 Å². The van der Waals surface area contributed by atoms with E-state index in [0.29, 0.717) is 10.2 Å². The molecule has 0 aliphatic rings. The molecule has 6 heteroatoms. The molecule has 0 aromatic heterocycles. The molecule has 4 nitrogen and oxygen atoms in total. The second-order valence-electron chi connectivity index (χ2n) is 2.42. The average molecular weight is 281 g/mol. The second-order valence-corrected chi connectivity index (χ2v) is 4.98. The summed E-state index contributed by atoms with van der Waals surface area (Å²) in [6, 6.07) is 4.40. The van der Waals surface area contributed by atoms with Gasteiger partial charge in [-0.05, 0) is 34.1 Å². The van der Waals surface area contributed by atoms with Crippen molar-refractivity contribution in [3.8, 4) is 5.75 Å². The lowest BCUT2D eigenvalue weighted by atomic mass is 10.3. The number of hydrogen-bond acceptors (Lipinski definition) is 4. The Labute approximate surface area is 91.1 Å². The van der Waals surface area contributed by atoms with Crippen LogP contribution in [0.1, 0.15) is 0 Å². The molecular weight excluding hydrogens is 272 g/mol. The van der Waals surface area contributed by atoms with Crippen molar-refractivity contribution in [2.75, 3.05) is 14.2 Å². The fourth-order valence-electron chi connectivity index (χ4n) is 0.899. The zero-order chi connectivity index (χ0) is 10.8. The Balaban J connectivity index is 3.22. The van der Waals surface area contributed by atoms with E-state index in [1.165, 1.54) is 19.2 Å². The van der Waals surface area contributed by atoms with Crippen LogP contribution in [0.15, 0.2) is 27.6 Å². The van der Waals surface area contributed by atoms with Gasteiger partial charge in [-0.2, -0.15) is 8.42 Å². The molecule has 0 amide bonds. The predicted molar refractivity (Wildman–Crippen MR) is 54.9 cm³/mol. The maximum absolute atomic E-state index is 11.3. The first-order valence-electron chi connectivity index (χ1n) is 3.65. The van der Waals surface area contributed by atoms with Gasteiger partial charge in [0.1, 0.15) is 5.75 Å². The van der Waals surface area contributed by atoms with Gasteiger partial charge < -0.3 is 4.74 Å². The Hall–Kier alpha value is -0.590. The van der Waals surface area contributed by atoms with Gasteiger partial charge in [-0.1, -0.05) is 0 Å². The van der Waals surface area contributed by atoms with Crippen LogP contribution in [-0.4, -0.2) is 22.6 Å². The molecule has 0 radical (unpaired) electrons. The number of halogens is 1. The molecule has 0 spiro atoms. The number of hydrogen-bond donors (Lipinski definition) is 0. The van der Waals surface area contributed by atoms with Gasteiger partial charge in [0.25, 0.3) is 10.1 Å². The Kier molecular flexibility index (Phi) is 3.52. The van der Waals surface area contributed by atoms with E-state index < -0.39 is 10.1 Å². The van der Waals surface area contributed by atoms with E-state index >= 15 is 0 Å². The standard InChI is InChI=1S/C8H9BrO4S/c1-12-8-4-3-6(5-7(8)9)14(10,11)13-2/h3-5H,1-2H3. The van der Waals surface area contributed by atoms with Crippen molar-refractivity contribution in [3.63, 3.8) is 0 Å². The molecule has 0 bridgehead atoms. The highest BCUT2D eigenvalue weighted by molar-refractivity contribution is 9.10. The average Bonchev–Trinajstić information content (AvgIpc) is 2.17. The van der Waals surface area contributed by atoms with Crippen LogP contribution in [0, 0.1) is 0 Å². The fraction of sp³-hybridized carbons (Fsp3) is 0.250. The lowest BCUT2D eigenvalue weighted by Crippen LogP contribution is -2.02. The van der Waals surface area contributed by atoms with Gasteiger partial charge in [0.2, 0.25) is 0 Å². The van der Waals surface area contributed by atoms with Crippen molar-refractivity contribution in [1.82, 2.24) is 0 Å². The van der Waals surface area contributed by atoms with Gasteiger partial charge in [-0.15, -0.1) is 0 Å². The molecule has 14 heavy (non-hydrogen) atoms. The highest BCUT2D eigenvalue weighted by Gasteiger charge is 2.14. The molecule has 78 valence electrons. The number of ether oxygens (including phenoxy) is 1. The lowest BCUT2D eigenvalue weighted by molar-refractivity contribution is 0.396. The third-order valence-corrected chi connectivity index (χ3v) is 3.52. The molecule has 0 N–H and O–H groups in total. The molecule has 0 saturated heterocycles. The molecule has 0 heterocycles. The van der Waals surface area contributed by atoms with Crippen molar-refractivity contribution < 1.29 is 17.3 Å². The molecule has 0 saturated carbocycles. The summed E-state index contributed by atoms with van der Waals surface area (Å²) in [6.07, 6.45) is 0. The first-order chi connectivity index (χ1) is 6.51. The number of rotatable bonds is 3. The molecule has 1 rings (SSSR count). The smallest absolute Gasteiger partial charge is 0.296 e. The normalized spacial score (nSPS) is 11.4. The molecule has 1 aromatic carbocycles. The van der Waals surface area contributed by atoms with Gasteiger partial charge in [-0.25, -0.2) is 0 Å². The van der Waals surface area contributed by atoms with E-state index in [2.05, 4.69) is 20.1 Å². The first kappa shape index (κ1) is 11.5. The summed E-state index contributed by atoms with van der Waals surface area (Å²) in [5, 5.41) is 0. The monoisotopic (exact) mass is 280 g/mol. The van der Waals surface area contributed by atoms with Gasteiger partial charge in [0, 0.05) is 0 Å². The Morgan fingerprint density at radius 2 is 1.93 bits per heavy atom. The summed E-state index contributed by atoms with van der Waals surface area (Å²) in [7, 11) is -1.01. The van der Waals surface area contributed by atoms with Crippen molar-refractivity contribution in [1.29, 1.82) is 0 Å². The lowest BCUT2D eigenvalue weighted by Gasteiger charge is -2.05. The summed E-state index contributed by atoms with van der Waals surface area (Å²) in [4.78, 5) is 0.0904. The SMILES string of the molecule is COc1ccc(S(=O)(=O)OC)cc1Br. The highest BCUT2D eigenvalue weighted by Crippen LogP contribution is 2.27. The van der Waals surface area contributed by atoms with E-state index in [-0.39, 0.29) is 4.90 Å². The van der Waals surface area contributed by atoms with Crippen LogP contribution in [-0.2, 0) is 14.3 Å². The van der Waals surface area contributed by atoms with Crippen molar-refractivity contribution in [3.05, 3.63) is 22.7 Å². The van der Waals surface area contributed by atoms with E-state index in [4.69, 9.17) is 4.74 Å². The predicted octanol–water partition coefficient (Wildman–Crippen LogP) is 1.79. The van der Waals surface area contributed by atoms with Crippen LogP contribution in [0.3, 0.4) is 0 Å². The maximum Gasteiger partial charge on any atom is 0.296 e. The van der Waals surface area contributed by atoms with Crippen LogP contribution in [0.4, 0.5) is 0 Å². The molecule has 0 atom stereocenters. The summed E-state index contributed by atoms with van der Waals surface area (Å²) in [5.41, 5.74) is 0. The quantitative estimate of drug-likeness (QED) is 0.793. The van der Waals surface area contributed by atoms with E-state index in [1.807, 2.05) is 0 Å². The van der Waals surface area contributed by atoms with Gasteiger partial charge >= 0.3 is 0 Å². The highest BCUT2D eigenvalue weighted by atomic mass is 79.9. The van der Waals surface area contributed by atoms with E-state index in [0.717, 1.165) is 7.11 Å². The third-order valence-electron chi connectivity index (χ3n) is 1.63. The van der Waals surface area contributed by atoms with Crippen LogP contribution in [0.25, 0.3) is 0 Å². The first-order valence-corrected chi connectivity index (χ1v) is 5.85. The minimum atomic E-state index is -3.63. The Bertz CT molecular complexity index is 427.